The summed E-state index contributed by atoms with van der Waals surface area (Å²) in [5.74, 6) is -1.36. The summed E-state index contributed by atoms with van der Waals surface area (Å²) in [7, 11) is 0. The first-order chi connectivity index (χ1) is 12.1. The van der Waals surface area contributed by atoms with E-state index in [9.17, 15) is 9.59 Å². The fraction of sp³-hybridized carbons (Fsp3) is 0.333. The second-order valence-corrected chi connectivity index (χ2v) is 6.86. The van der Waals surface area contributed by atoms with Gasteiger partial charge in [0.1, 0.15) is 5.69 Å². The molecule has 1 N–H and O–H groups in total. The smallest absolute Gasteiger partial charge is 0.356 e. The zero-order chi connectivity index (χ0) is 17.6. The zero-order valence-corrected chi connectivity index (χ0v) is 14.5. The maximum absolute atomic E-state index is 12.9. The van der Waals surface area contributed by atoms with Crippen molar-refractivity contribution in [3.8, 4) is 0 Å². The Kier molecular flexibility index (Phi) is 5.55. The summed E-state index contributed by atoms with van der Waals surface area (Å²) in [6.07, 6.45) is 10.5. The highest BCUT2D eigenvalue weighted by Gasteiger charge is 2.26. The van der Waals surface area contributed by atoms with E-state index in [-0.39, 0.29) is 23.3 Å². The molecule has 0 radical (unpaired) electrons. The normalized spacial score (nSPS) is 18.2. The number of thiophene rings is 1. The van der Waals surface area contributed by atoms with Crippen LogP contribution in [0.4, 0.5) is 0 Å². The number of hydrogen-bond acceptors (Lipinski definition) is 5. The first-order valence-corrected chi connectivity index (χ1v) is 9.11. The lowest BCUT2D eigenvalue weighted by Gasteiger charge is -2.27. The Labute approximate surface area is 149 Å². The van der Waals surface area contributed by atoms with Gasteiger partial charge in [0.2, 0.25) is 0 Å². The molecule has 0 spiro atoms. The lowest BCUT2D eigenvalue weighted by atomic mass is 10.1. The van der Waals surface area contributed by atoms with Crippen LogP contribution >= 0.6 is 11.3 Å². The van der Waals surface area contributed by atoms with Gasteiger partial charge in [-0.25, -0.2) is 14.8 Å². The molecule has 2 aromatic heterocycles. The monoisotopic (exact) mass is 357 g/mol. The van der Waals surface area contributed by atoms with Gasteiger partial charge in [-0.05, 0) is 30.4 Å². The van der Waals surface area contributed by atoms with Gasteiger partial charge in [-0.1, -0.05) is 25.0 Å². The van der Waals surface area contributed by atoms with Gasteiger partial charge in [-0.3, -0.25) is 4.79 Å². The van der Waals surface area contributed by atoms with Gasteiger partial charge < -0.3 is 10.0 Å². The predicted octanol–water partition coefficient (Wildman–Crippen LogP) is 3.33. The maximum atomic E-state index is 12.9. The number of carbonyl (C=O) groups excluding carboxylic acids is 1. The fourth-order valence-corrected chi connectivity index (χ4v) is 3.50. The molecular weight excluding hydrogens is 338 g/mol. The quantitative estimate of drug-likeness (QED) is 0.907. The van der Waals surface area contributed by atoms with Crippen molar-refractivity contribution in [3.05, 3.63) is 52.2 Å². The van der Waals surface area contributed by atoms with Crippen LogP contribution in [0.25, 0.3) is 6.08 Å². The molecule has 1 aliphatic heterocycles. The second-order valence-electron chi connectivity index (χ2n) is 5.88. The highest BCUT2D eigenvalue weighted by atomic mass is 32.1. The van der Waals surface area contributed by atoms with Crippen LogP contribution in [0, 0.1) is 0 Å². The minimum absolute atomic E-state index is 0.0121. The van der Waals surface area contributed by atoms with Crippen LogP contribution in [-0.2, 0) is 0 Å². The van der Waals surface area contributed by atoms with E-state index in [1.807, 2.05) is 22.4 Å². The molecule has 25 heavy (non-hydrogen) atoms. The molecule has 2 aromatic rings. The van der Waals surface area contributed by atoms with E-state index in [1.54, 1.807) is 11.3 Å². The van der Waals surface area contributed by atoms with E-state index >= 15 is 0 Å². The number of likely N-dealkylation sites (tertiary alicyclic amines) is 1. The number of hydrogen-bond donors (Lipinski definition) is 1. The van der Waals surface area contributed by atoms with Crippen LogP contribution in [-0.4, -0.2) is 44.4 Å². The maximum Gasteiger partial charge on any atom is 0.356 e. The molecule has 6 nitrogen and oxygen atoms in total. The van der Waals surface area contributed by atoms with Crippen LogP contribution in [0.1, 0.15) is 51.5 Å². The summed E-state index contributed by atoms with van der Waals surface area (Å²) >= 11 is 1.66. The van der Waals surface area contributed by atoms with Crippen molar-refractivity contribution in [2.24, 2.45) is 0 Å². The molecule has 0 bridgehead atoms. The third kappa shape index (κ3) is 4.30. The number of carbonyl (C=O) groups is 2. The number of carboxylic acid groups (broad SMARTS) is 1. The predicted molar refractivity (Wildman–Crippen MR) is 95.6 cm³/mol. The molecule has 1 atom stereocenters. The van der Waals surface area contributed by atoms with Crippen molar-refractivity contribution in [1.82, 2.24) is 14.9 Å². The van der Waals surface area contributed by atoms with Crippen molar-refractivity contribution in [2.45, 2.75) is 31.7 Å². The minimum atomic E-state index is -1.15. The van der Waals surface area contributed by atoms with Crippen molar-refractivity contribution in [1.29, 1.82) is 0 Å². The Bertz CT molecular complexity index is 756. The van der Waals surface area contributed by atoms with Crippen molar-refractivity contribution in [2.75, 3.05) is 6.54 Å². The van der Waals surface area contributed by atoms with E-state index in [4.69, 9.17) is 5.11 Å². The fourth-order valence-electron chi connectivity index (χ4n) is 2.87. The number of amides is 1. The average molecular weight is 357 g/mol. The molecule has 0 aromatic carbocycles. The molecule has 0 saturated carbocycles. The Morgan fingerprint density at radius 3 is 2.68 bits per heavy atom. The van der Waals surface area contributed by atoms with Crippen LogP contribution < -0.4 is 0 Å². The third-order valence-electron chi connectivity index (χ3n) is 4.18. The molecule has 1 amide bonds. The SMILES string of the molecule is O=C(O)c1cnc(C(=O)N2CCCCCC2/C=C/c2cccs2)cn1. The highest BCUT2D eigenvalue weighted by Crippen LogP contribution is 2.21. The molecule has 1 aliphatic rings. The van der Waals surface area contributed by atoms with Crippen molar-refractivity contribution in [3.63, 3.8) is 0 Å². The molecule has 3 rings (SSSR count). The molecule has 7 heteroatoms. The van der Waals surface area contributed by atoms with Gasteiger partial charge in [0.15, 0.2) is 5.69 Å². The second kappa shape index (κ2) is 8.02. The number of carboxylic acids is 1. The number of rotatable bonds is 4. The lowest BCUT2D eigenvalue weighted by molar-refractivity contribution is 0.0680. The lowest BCUT2D eigenvalue weighted by Crippen LogP contribution is -2.39. The summed E-state index contributed by atoms with van der Waals surface area (Å²) in [4.78, 5) is 34.5. The Morgan fingerprint density at radius 2 is 2.00 bits per heavy atom. The third-order valence-corrected chi connectivity index (χ3v) is 5.01. The molecule has 0 aliphatic carbocycles. The number of aromatic nitrogens is 2. The van der Waals surface area contributed by atoms with Gasteiger partial charge in [0.05, 0.1) is 18.4 Å². The van der Waals surface area contributed by atoms with Gasteiger partial charge in [0.25, 0.3) is 5.91 Å². The van der Waals surface area contributed by atoms with Crippen LogP contribution in [0.3, 0.4) is 0 Å². The topological polar surface area (TPSA) is 83.4 Å². The van der Waals surface area contributed by atoms with E-state index in [0.29, 0.717) is 6.54 Å². The molecule has 3 heterocycles. The minimum Gasteiger partial charge on any atom is -0.476 e. The van der Waals surface area contributed by atoms with Gasteiger partial charge in [-0.15, -0.1) is 11.3 Å². The van der Waals surface area contributed by atoms with Gasteiger partial charge in [-0.2, -0.15) is 0 Å². The molecule has 130 valence electrons. The summed E-state index contributed by atoms with van der Waals surface area (Å²) in [5, 5.41) is 10.9. The number of aromatic carboxylic acids is 1. The average Bonchev–Trinajstić information content (AvgIpc) is 3.04. The highest BCUT2D eigenvalue weighted by molar-refractivity contribution is 7.10. The Hall–Kier alpha value is -2.54. The molecular formula is C18H19N3O3S. The van der Waals surface area contributed by atoms with Gasteiger partial charge >= 0.3 is 5.97 Å². The molecule has 1 saturated heterocycles. The summed E-state index contributed by atoms with van der Waals surface area (Å²) < 4.78 is 0. The first-order valence-electron chi connectivity index (χ1n) is 8.23. The molecule has 1 unspecified atom stereocenters. The van der Waals surface area contributed by atoms with E-state index in [2.05, 4.69) is 22.1 Å². The van der Waals surface area contributed by atoms with Gasteiger partial charge in [0, 0.05) is 11.4 Å². The molecule has 1 fully saturated rings. The Morgan fingerprint density at radius 1 is 1.20 bits per heavy atom. The summed E-state index contributed by atoms with van der Waals surface area (Å²) in [6, 6.07) is 4.05. The van der Waals surface area contributed by atoms with E-state index in [0.717, 1.165) is 36.8 Å². The zero-order valence-electron chi connectivity index (χ0n) is 13.7. The largest absolute Gasteiger partial charge is 0.476 e. The van der Waals surface area contributed by atoms with Crippen LogP contribution in [0.15, 0.2) is 36.0 Å². The Balaban J connectivity index is 1.80. The summed E-state index contributed by atoms with van der Waals surface area (Å²) in [6.45, 7) is 0.667. The van der Waals surface area contributed by atoms with Crippen LogP contribution in [0.5, 0.6) is 0 Å². The van der Waals surface area contributed by atoms with Crippen molar-refractivity contribution >= 4 is 29.3 Å². The van der Waals surface area contributed by atoms with E-state index in [1.165, 1.54) is 6.20 Å². The van der Waals surface area contributed by atoms with Crippen molar-refractivity contribution < 1.29 is 14.7 Å². The standard InChI is InChI=1S/C18H19N3O3S/c22-17(15-11-20-16(12-19-15)18(23)24)21-9-3-1-2-5-13(21)7-8-14-6-4-10-25-14/h4,6-8,10-13H,1-3,5,9H2,(H,23,24)/b8-7+. The first kappa shape index (κ1) is 17.3. The summed E-state index contributed by atoms with van der Waals surface area (Å²) in [5.41, 5.74) is 0.0166. The number of nitrogens with zero attached hydrogens (tertiary/aromatic N) is 3. The van der Waals surface area contributed by atoms with E-state index < -0.39 is 5.97 Å². The van der Waals surface area contributed by atoms with Crippen LogP contribution in [0.2, 0.25) is 0 Å².